The SMILES string of the molecule is COCCOCCNC(=O)[C@@H]1CSCC(=O)N[C@@H](CCCCNC(=O)CO/N=C/c2ccc(F)cc2)C(=O)N[C@@H](CS)C(=O)N[C@@H](CCCN=C(N)N)C(=O)NCC(=O)N[C@@H](CC(=O)O)C(=O)N[C@@H](CS)C(=O)N[C@@H](Cc2ccccc2)C(=O)N1. The van der Waals surface area contributed by atoms with Gasteiger partial charge in [0.15, 0.2) is 12.6 Å². The van der Waals surface area contributed by atoms with E-state index in [2.05, 4.69) is 88.6 Å². The Morgan fingerprint density at radius 3 is 1.95 bits per heavy atom. The van der Waals surface area contributed by atoms with Crippen molar-refractivity contribution in [2.45, 2.75) is 87.2 Å². The van der Waals surface area contributed by atoms with Gasteiger partial charge in [-0.2, -0.15) is 25.3 Å². The van der Waals surface area contributed by atoms with Crippen molar-refractivity contribution < 1.29 is 76.5 Å². The lowest BCUT2D eigenvalue weighted by Gasteiger charge is -2.26. The van der Waals surface area contributed by atoms with Crippen LogP contribution in [0.5, 0.6) is 0 Å². The lowest BCUT2D eigenvalue weighted by Crippen LogP contribution is -2.60. The van der Waals surface area contributed by atoms with Crippen molar-refractivity contribution >= 4 is 114 Å². The van der Waals surface area contributed by atoms with E-state index in [-0.39, 0.29) is 95.4 Å². The highest BCUT2D eigenvalue weighted by Crippen LogP contribution is 2.11. The van der Waals surface area contributed by atoms with Gasteiger partial charge >= 0.3 is 5.97 Å². The zero-order chi connectivity index (χ0) is 62.5. The lowest BCUT2D eigenvalue weighted by molar-refractivity contribution is -0.141. The number of oxime groups is 1. The van der Waals surface area contributed by atoms with Crippen LogP contribution in [0.4, 0.5) is 4.39 Å². The summed E-state index contributed by atoms with van der Waals surface area (Å²) in [6, 6.07) is 3.37. The number of rotatable bonds is 26. The van der Waals surface area contributed by atoms with Gasteiger partial charge < -0.3 is 84.1 Å². The van der Waals surface area contributed by atoms with Crippen molar-refractivity contribution in [2.24, 2.45) is 21.6 Å². The molecule has 1 aliphatic rings. The molecular weight excluding hydrogens is 1180 g/mol. The highest BCUT2D eigenvalue weighted by atomic mass is 32.2. The smallest absolute Gasteiger partial charge is 0.305 e. The molecule has 1 saturated heterocycles. The number of unbranched alkanes of at least 4 members (excludes halogenated alkanes) is 1. The number of amides is 10. The predicted molar refractivity (Wildman–Crippen MR) is 316 cm³/mol. The molecule has 1 fully saturated rings. The second-order valence-electron chi connectivity index (χ2n) is 18.7. The molecule has 468 valence electrons. The molecule has 0 aliphatic carbocycles. The number of nitrogens with one attached hydrogen (secondary N) is 10. The van der Waals surface area contributed by atoms with Crippen LogP contribution in [-0.2, 0) is 73.5 Å². The second-order valence-corrected chi connectivity index (χ2v) is 20.4. The largest absolute Gasteiger partial charge is 0.481 e. The predicted octanol–water partition coefficient (Wildman–Crippen LogP) is -3.87. The summed E-state index contributed by atoms with van der Waals surface area (Å²) >= 11 is 9.36. The summed E-state index contributed by atoms with van der Waals surface area (Å²) in [6.07, 6.45) is 0.519. The van der Waals surface area contributed by atoms with Crippen LogP contribution in [0, 0.1) is 5.82 Å². The van der Waals surface area contributed by atoms with Gasteiger partial charge in [-0.3, -0.25) is 57.7 Å². The number of carbonyl (C=O) groups excluding carboxylic acids is 10. The molecule has 15 N–H and O–H groups in total. The van der Waals surface area contributed by atoms with E-state index in [0.717, 1.165) is 11.8 Å². The minimum Gasteiger partial charge on any atom is -0.481 e. The zero-order valence-electron chi connectivity index (χ0n) is 46.6. The Balaban J connectivity index is 1.99. The van der Waals surface area contributed by atoms with Gasteiger partial charge in [0.2, 0.25) is 53.2 Å². The van der Waals surface area contributed by atoms with Crippen LogP contribution >= 0.6 is 37.0 Å². The number of carbonyl (C=O) groups is 11. The van der Waals surface area contributed by atoms with Crippen molar-refractivity contribution in [3.05, 3.63) is 71.5 Å². The van der Waals surface area contributed by atoms with E-state index in [1.807, 2.05) is 0 Å². The molecule has 0 saturated carbocycles. The van der Waals surface area contributed by atoms with Crippen molar-refractivity contribution in [1.82, 2.24) is 53.2 Å². The molecule has 2 aromatic rings. The molecule has 33 heteroatoms. The Kier molecular flexibility index (Phi) is 34.1. The lowest BCUT2D eigenvalue weighted by atomic mass is 10.0. The maximum atomic E-state index is 14.3. The Hall–Kier alpha value is -7.75. The number of hydrogen-bond acceptors (Lipinski definition) is 19. The minimum absolute atomic E-state index is 0.00348. The molecule has 10 amide bonds. The van der Waals surface area contributed by atoms with Crippen LogP contribution in [0.2, 0.25) is 0 Å². The van der Waals surface area contributed by atoms with E-state index in [1.54, 1.807) is 30.3 Å². The Morgan fingerprint density at radius 1 is 0.706 bits per heavy atom. The third-order valence-corrected chi connectivity index (χ3v) is 13.7. The maximum Gasteiger partial charge on any atom is 0.305 e. The van der Waals surface area contributed by atoms with Gasteiger partial charge in [-0.1, -0.05) is 47.6 Å². The first-order chi connectivity index (χ1) is 40.7. The summed E-state index contributed by atoms with van der Waals surface area (Å²) in [4.78, 5) is 158. The molecule has 0 aromatic heterocycles. The van der Waals surface area contributed by atoms with Gasteiger partial charge in [-0.05, 0) is 55.4 Å². The highest BCUT2D eigenvalue weighted by Gasteiger charge is 2.34. The first kappa shape index (κ1) is 71.5. The molecule has 0 radical (unpaired) electrons. The number of halogens is 1. The van der Waals surface area contributed by atoms with Gasteiger partial charge in [0.05, 0.1) is 44.8 Å². The van der Waals surface area contributed by atoms with Crippen LogP contribution in [-0.4, -0.2) is 207 Å². The number of thioether (sulfide) groups is 1. The third-order valence-electron chi connectivity index (χ3n) is 11.9. The number of guanidine groups is 1. The topological polar surface area (TPSA) is 433 Å². The molecule has 29 nitrogen and oxygen atoms in total. The summed E-state index contributed by atoms with van der Waals surface area (Å²) in [5, 5.41) is 38.5. The molecule has 85 heavy (non-hydrogen) atoms. The molecule has 1 aliphatic heterocycles. The van der Waals surface area contributed by atoms with Crippen LogP contribution < -0.4 is 64.6 Å². The number of ether oxygens (including phenoxy) is 2. The molecule has 0 spiro atoms. The zero-order valence-corrected chi connectivity index (χ0v) is 49.2. The monoisotopic (exact) mass is 1250 g/mol. The molecule has 1 heterocycles. The first-order valence-electron chi connectivity index (χ1n) is 26.7. The highest BCUT2D eigenvalue weighted by molar-refractivity contribution is 8.00. The number of benzene rings is 2. The van der Waals surface area contributed by atoms with E-state index in [1.165, 1.54) is 37.6 Å². The third kappa shape index (κ3) is 29.6. The van der Waals surface area contributed by atoms with Crippen LogP contribution in [0.25, 0.3) is 0 Å². The quantitative estimate of drug-likeness (QED) is 0.0141. The van der Waals surface area contributed by atoms with Gasteiger partial charge in [0, 0.05) is 50.4 Å². The van der Waals surface area contributed by atoms with Gasteiger partial charge in [-0.25, -0.2) is 4.39 Å². The minimum atomic E-state index is -1.83. The summed E-state index contributed by atoms with van der Waals surface area (Å²) in [7, 11) is 1.48. The van der Waals surface area contributed by atoms with Crippen molar-refractivity contribution in [1.29, 1.82) is 0 Å². The number of hydrogen-bond donors (Lipinski definition) is 15. The van der Waals surface area contributed by atoms with Crippen molar-refractivity contribution in [2.75, 3.05) is 82.7 Å². The average Bonchev–Trinajstić information content (AvgIpc) is 3.69. The number of carboxylic acid groups (broad SMARTS) is 1. The number of nitrogens with two attached hydrogens (primary N) is 2. The Bertz CT molecular complexity index is 2590. The molecule has 3 rings (SSSR count). The summed E-state index contributed by atoms with van der Waals surface area (Å²) in [5.41, 5.74) is 12.0. The van der Waals surface area contributed by atoms with E-state index in [9.17, 15) is 62.2 Å². The summed E-state index contributed by atoms with van der Waals surface area (Å²) in [5.74, 6) is -12.5. The number of aliphatic carboxylic acids is 1. The fraction of sp³-hybridized carbons (Fsp3) is 0.519. The number of carboxylic acids is 1. The first-order valence-corrected chi connectivity index (χ1v) is 29.2. The fourth-order valence-electron chi connectivity index (χ4n) is 7.57. The summed E-state index contributed by atoms with van der Waals surface area (Å²) in [6.45, 7) is -0.700. The molecule has 0 unspecified atom stereocenters. The fourth-order valence-corrected chi connectivity index (χ4v) is 8.94. The van der Waals surface area contributed by atoms with E-state index < -0.39 is 144 Å². The number of methoxy groups -OCH3 is 1. The van der Waals surface area contributed by atoms with Crippen LogP contribution in [0.15, 0.2) is 64.7 Å². The van der Waals surface area contributed by atoms with Gasteiger partial charge in [0.1, 0.15) is 48.1 Å². The molecule has 7 atom stereocenters. The Morgan fingerprint density at radius 2 is 1.31 bits per heavy atom. The van der Waals surface area contributed by atoms with E-state index in [4.69, 9.17) is 25.8 Å². The average molecular weight is 1250 g/mol. The number of thiol groups is 2. The molecule has 2 aromatic carbocycles. The normalized spacial score (nSPS) is 21.0. The molecule has 0 bridgehead atoms. The Labute approximate surface area is 505 Å². The standard InChI is InChI=1S/C52H75FN14O15S3/c1-80-20-21-81-19-18-57-46(74)40-29-85-30-43(70)61-35(10-5-6-16-56-42(69)26-82-60-24-32-12-14-33(53)15-13-32)47(75)65-38(27-83)50(78)63-34(11-7-17-58-52(54)55)45(73)59-25-41(68)62-37(23-44(71)72)49(77)66-39(28-84)51(79)64-36(48(76)67-40)22-31-8-3-2-4-9-31/h2-4,8-9,12-15,24,34-40,83-84H,5-7,10-11,16-23,25-30H2,1H3,(H,56,69)(H,57,74)(H,59,73)(H,61,70)(H,62,68)(H,63,78)(H,64,79)(H,65,75)(H,66,77)(H,67,76)(H,71,72)(H4,54,55,58)/b60-24+/t34-,35-,36-,37-,38-,39-,40-/m0/s1. The van der Waals surface area contributed by atoms with E-state index >= 15 is 0 Å². The molecular formula is C52H75FN14O15S3. The van der Waals surface area contributed by atoms with Crippen molar-refractivity contribution in [3.63, 3.8) is 0 Å². The van der Waals surface area contributed by atoms with Gasteiger partial charge in [0.25, 0.3) is 5.91 Å². The van der Waals surface area contributed by atoms with Crippen LogP contribution in [0.3, 0.4) is 0 Å². The number of aliphatic imine (C=N–C) groups is 1. The van der Waals surface area contributed by atoms with Crippen molar-refractivity contribution in [3.8, 4) is 0 Å². The number of nitrogens with zero attached hydrogens (tertiary/aromatic N) is 2. The summed E-state index contributed by atoms with van der Waals surface area (Å²) < 4.78 is 23.7. The van der Waals surface area contributed by atoms with E-state index in [0.29, 0.717) is 11.1 Å². The second kappa shape index (κ2) is 40.5. The van der Waals surface area contributed by atoms with Crippen LogP contribution in [0.1, 0.15) is 49.7 Å². The van der Waals surface area contributed by atoms with Gasteiger partial charge in [-0.15, -0.1) is 11.8 Å². The maximum absolute atomic E-state index is 14.3.